The van der Waals surface area contributed by atoms with E-state index < -0.39 is 15.9 Å². The third kappa shape index (κ3) is 6.02. The minimum atomic E-state index is -3.70. The summed E-state index contributed by atoms with van der Waals surface area (Å²) < 4.78 is 25.8. The minimum absolute atomic E-state index is 0.0187. The van der Waals surface area contributed by atoms with E-state index in [0.29, 0.717) is 6.54 Å². The second-order valence-corrected chi connectivity index (χ2v) is 7.78. The fourth-order valence-corrected chi connectivity index (χ4v) is 3.10. The van der Waals surface area contributed by atoms with Gasteiger partial charge in [-0.05, 0) is 42.9 Å². The average molecular weight is 411 g/mol. The topological polar surface area (TPSA) is 117 Å². The van der Waals surface area contributed by atoms with E-state index in [4.69, 9.17) is 11.6 Å². The molecule has 27 heavy (non-hydrogen) atoms. The quantitative estimate of drug-likeness (QED) is 0.602. The molecule has 2 amide bonds. The van der Waals surface area contributed by atoms with Crippen molar-refractivity contribution < 1.29 is 18.0 Å². The number of nitrogens with zero attached hydrogens (tertiary/aromatic N) is 1. The Balaban J connectivity index is 1.88. The van der Waals surface area contributed by atoms with E-state index in [-0.39, 0.29) is 34.4 Å². The summed E-state index contributed by atoms with van der Waals surface area (Å²) in [6.45, 7) is 0.450. The first kappa shape index (κ1) is 20.8. The van der Waals surface area contributed by atoms with Gasteiger partial charge in [0.25, 0.3) is 5.91 Å². The van der Waals surface area contributed by atoms with Crippen LogP contribution in [-0.4, -0.2) is 38.8 Å². The molecule has 0 saturated heterocycles. The predicted octanol–water partition coefficient (Wildman–Crippen LogP) is 1.08. The lowest BCUT2D eigenvalue weighted by atomic mass is 10.2. The van der Waals surface area contributed by atoms with Crippen LogP contribution < -0.4 is 15.4 Å². The molecule has 144 valence electrons. The van der Waals surface area contributed by atoms with Crippen molar-refractivity contribution in [2.75, 3.05) is 13.6 Å². The first-order chi connectivity index (χ1) is 12.8. The normalized spacial score (nSPS) is 11.0. The zero-order chi connectivity index (χ0) is 19.9. The van der Waals surface area contributed by atoms with Crippen LogP contribution in [0.4, 0.5) is 0 Å². The molecule has 1 aromatic heterocycles. The van der Waals surface area contributed by atoms with Gasteiger partial charge in [0.2, 0.25) is 15.9 Å². The van der Waals surface area contributed by atoms with Gasteiger partial charge >= 0.3 is 0 Å². The van der Waals surface area contributed by atoms with Crippen molar-refractivity contribution in [3.8, 4) is 0 Å². The van der Waals surface area contributed by atoms with Gasteiger partial charge < -0.3 is 10.6 Å². The number of carbonyl (C=O) groups is 2. The predicted molar refractivity (Wildman–Crippen MR) is 101 cm³/mol. The van der Waals surface area contributed by atoms with Gasteiger partial charge in [-0.3, -0.25) is 14.6 Å². The van der Waals surface area contributed by atoms with Crippen molar-refractivity contribution in [1.82, 2.24) is 20.3 Å². The van der Waals surface area contributed by atoms with Gasteiger partial charge in [-0.15, -0.1) is 0 Å². The van der Waals surface area contributed by atoms with E-state index in [0.717, 1.165) is 5.56 Å². The van der Waals surface area contributed by atoms with Gasteiger partial charge in [-0.25, -0.2) is 13.1 Å². The van der Waals surface area contributed by atoms with Crippen LogP contribution in [0.25, 0.3) is 0 Å². The third-order valence-corrected chi connectivity index (χ3v) is 5.38. The number of benzene rings is 1. The highest BCUT2D eigenvalue weighted by Crippen LogP contribution is 2.20. The number of rotatable bonds is 8. The number of hydrogen-bond acceptors (Lipinski definition) is 5. The fourth-order valence-electron chi connectivity index (χ4n) is 2.14. The number of aromatic nitrogens is 1. The Kier molecular flexibility index (Phi) is 7.28. The van der Waals surface area contributed by atoms with Gasteiger partial charge in [0.15, 0.2) is 0 Å². The standard InChI is InChI=1S/C17H19ClN4O4S/c1-19-27(25,26)13-2-3-15(18)14(10-13)17(24)21-9-6-16(23)22-11-12-4-7-20-8-5-12/h2-5,7-8,10,19H,6,9,11H2,1H3,(H,21,24)(H,22,23). The molecule has 1 aromatic carbocycles. The Hall–Kier alpha value is -2.49. The van der Waals surface area contributed by atoms with Crippen LogP contribution in [0.2, 0.25) is 5.02 Å². The lowest BCUT2D eigenvalue weighted by Crippen LogP contribution is -2.30. The Bertz CT molecular complexity index is 920. The minimum Gasteiger partial charge on any atom is -0.352 e. The summed E-state index contributed by atoms with van der Waals surface area (Å²) in [6, 6.07) is 7.40. The lowest BCUT2D eigenvalue weighted by Gasteiger charge is -2.09. The summed E-state index contributed by atoms with van der Waals surface area (Å²) in [4.78, 5) is 27.9. The molecule has 10 heteroatoms. The van der Waals surface area contributed by atoms with Gasteiger partial charge in [-0.1, -0.05) is 11.6 Å². The Morgan fingerprint density at radius 3 is 2.48 bits per heavy atom. The number of pyridine rings is 1. The van der Waals surface area contributed by atoms with Crippen LogP contribution in [0.5, 0.6) is 0 Å². The van der Waals surface area contributed by atoms with Crippen molar-refractivity contribution in [3.05, 3.63) is 58.9 Å². The van der Waals surface area contributed by atoms with Crippen LogP contribution in [-0.2, 0) is 21.4 Å². The molecule has 0 aliphatic rings. The van der Waals surface area contributed by atoms with E-state index >= 15 is 0 Å². The highest BCUT2D eigenvalue weighted by Gasteiger charge is 2.17. The summed E-state index contributed by atoms with van der Waals surface area (Å²) in [5.74, 6) is -0.792. The summed E-state index contributed by atoms with van der Waals surface area (Å²) in [6.07, 6.45) is 3.34. The van der Waals surface area contributed by atoms with Crippen LogP contribution in [0, 0.1) is 0 Å². The molecule has 0 radical (unpaired) electrons. The molecule has 2 rings (SSSR count). The molecule has 3 N–H and O–H groups in total. The number of halogens is 1. The molecule has 0 aliphatic heterocycles. The molecule has 1 heterocycles. The average Bonchev–Trinajstić information content (AvgIpc) is 2.67. The summed E-state index contributed by atoms with van der Waals surface area (Å²) >= 11 is 5.98. The lowest BCUT2D eigenvalue weighted by molar-refractivity contribution is -0.121. The number of amides is 2. The maximum Gasteiger partial charge on any atom is 0.252 e. The van der Waals surface area contributed by atoms with Gasteiger partial charge in [0.1, 0.15) is 0 Å². The summed E-state index contributed by atoms with van der Waals surface area (Å²) in [5, 5.41) is 5.40. The molecule has 0 saturated carbocycles. The van der Waals surface area contributed by atoms with Crippen LogP contribution in [0.1, 0.15) is 22.3 Å². The van der Waals surface area contributed by atoms with Crippen LogP contribution >= 0.6 is 11.6 Å². The van der Waals surface area contributed by atoms with E-state index in [2.05, 4.69) is 20.3 Å². The molecule has 0 fully saturated rings. The van der Waals surface area contributed by atoms with E-state index in [1.165, 1.54) is 25.2 Å². The van der Waals surface area contributed by atoms with Gasteiger partial charge in [-0.2, -0.15) is 0 Å². The SMILES string of the molecule is CNS(=O)(=O)c1ccc(Cl)c(C(=O)NCCC(=O)NCc2ccncc2)c1. The van der Waals surface area contributed by atoms with Crippen LogP contribution in [0.3, 0.4) is 0 Å². The third-order valence-electron chi connectivity index (χ3n) is 3.64. The molecule has 0 aliphatic carbocycles. The van der Waals surface area contributed by atoms with Crippen molar-refractivity contribution in [1.29, 1.82) is 0 Å². The second kappa shape index (κ2) is 9.45. The van der Waals surface area contributed by atoms with E-state index in [1.54, 1.807) is 24.5 Å². The fraction of sp³-hybridized carbons (Fsp3) is 0.235. The van der Waals surface area contributed by atoms with Crippen molar-refractivity contribution in [3.63, 3.8) is 0 Å². The van der Waals surface area contributed by atoms with Crippen LogP contribution in [0.15, 0.2) is 47.6 Å². The smallest absolute Gasteiger partial charge is 0.252 e. The molecule has 0 spiro atoms. The Labute approximate surface area is 162 Å². The molecular formula is C17H19ClN4O4S. The molecule has 8 nitrogen and oxygen atoms in total. The van der Waals surface area contributed by atoms with E-state index in [1.807, 2.05) is 0 Å². The Morgan fingerprint density at radius 2 is 1.81 bits per heavy atom. The molecular weight excluding hydrogens is 392 g/mol. The van der Waals surface area contributed by atoms with Crippen molar-refractivity contribution in [2.24, 2.45) is 0 Å². The van der Waals surface area contributed by atoms with Crippen molar-refractivity contribution >= 4 is 33.4 Å². The monoisotopic (exact) mass is 410 g/mol. The maximum atomic E-state index is 12.2. The summed E-state index contributed by atoms with van der Waals surface area (Å²) in [7, 11) is -2.42. The molecule has 2 aromatic rings. The molecule has 0 bridgehead atoms. The number of carbonyl (C=O) groups excluding carboxylic acids is 2. The van der Waals surface area contributed by atoms with Gasteiger partial charge in [0, 0.05) is 31.9 Å². The summed E-state index contributed by atoms with van der Waals surface area (Å²) in [5.41, 5.74) is 0.932. The first-order valence-electron chi connectivity index (χ1n) is 8.00. The first-order valence-corrected chi connectivity index (χ1v) is 9.86. The highest BCUT2D eigenvalue weighted by molar-refractivity contribution is 7.89. The highest BCUT2D eigenvalue weighted by atomic mass is 35.5. The zero-order valence-corrected chi connectivity index (χ0v) is 16.1. The Morgan fingerprint density at radius 1 is 1.11 bits per heavy atom. The number of sulfonamides is 1. The number of hydrogen-bond donors (Lipinski definition) is 3. The largest absolute Gasteiger partial charge is 0.352 e. The van der Waals surface area contributed by atoms with Crippen molar-refractivity contribution in [2.45, 2.75) is 17.9 Å². The maximum absolute atomic E-state index is 12.2. The zero-order valence-electron chi connectivity index (χ0n) is 14.5. The van der Waals surface area contributed by atoms with Gasteiger partial charge in [0.05, 0.1) is 15.5 Å². The molecule has 0 unspecified atom stereocenters. The molecule has 0 atom stereocenters. The second-order valence-electron chi connectivity index (χ2n) is 5.49. The number of nitrogens with one attached hydrogen (secondary N) is 3. The van der Waals surface area contributed by atoms with E-state index in [9.17, 15) is 18.0 Å².